The van der Waals surface area contributed by atoms with Gasteiger partial charge in [-0.25, -0.2) is 0 Å². The first-order valence-corrected chi connectivity index (χ1v) is 6.60. The summed E-state index contributed by atoms with van der Waals surface area (Å²) in [6.45, 7) is 12.3. The summed E-state index contributed by atoms with van der Waals surface area (Å²) in [4.78, 5) is 4.08. The lowest BCUT2D eigenvalue weighted by Crippen LogP contribution is -2.36. The molecule has 0 fully saturated rings. The zero-order valence-corrected chi connectivity index (χ0v) is 12.8. The minimum absolute atomic E-state index is 0.339. The van der Waals surface area contributed by atoms with Crippen LogP contribution in [-0.4, -0.2) is 18.1 Å². The molecule has 1 atom stereocenters. The summed E-state index contributed by atoms with van der Waals surface area (Å²) in [5.74, 6) is 0. The smallest absolute Gasteiger partial charge is 0.101 e. The highest BCUT2D eigenvalue weighted by Gasteiger charge is 2.23. The molecule has 1 N–H and O–H groups in total. The first kappa shape index (κ1) is 18.1. The Morgan fingerprint density at radius 1 is 1.31 bits per heavy atom. The quantitative estimate of drug-likeness (QED) is 0.426. The topological polar surface area (TPSA) is 24.4 Å². The molecule has 0 aromatic rings. The van der Waals surface area contributed by atoms with E-state index in [0.717, 1.165) is 18.5 Å². The molecular formula is C13H28N2S. The SMILES string of the molecule is CC.CC=NC(=C(CC)CC)C(C)(S)NC. The van der Waals surface area contributed by atoms with E-state index < -0.39 is 0 Å². The summed E-state index contributed by atoms with van der Waals surface area (Å²) in [7, 11) is 1.90. The van der Waals surface area contributed by atoms with Crippen LogP contribution in [0.25, 0.3) is 0 Å². The van der Waals surface area contributed by atoms with Gasteiger partial charge in [0.25, 0.3) is 0 Å². The van der Waals surface area contributed by atoms with Crippen molar-refractivity contribution in [3.63, 3.8) is 0 Å². The number of hydrogen-bond acceptors (Lipinski definition) is 3. The summed E-state index contributed by atoms with van der Waals surface area (Å²) in [6, 6.07) is 0. The second-order valence-electron chi connectivity index (χ2n) is 3.37. The molecular weight excluding hydrogens is 216 g/mol. The molecule has 0 saturated carbocycles. The Morgan fingerprint density at radius 3 is 2.00 bits per heavy atom. The van der Waals surface area contributed by atoms with Gasteiger partial charge in [0.15, 0.2) is 0 Å². The third-order valence-corrected chi connectivity index (χ3v) is 2.83. The Morgan fingerprint density at radius 2 is 1.75 bits per heavy atom. The van der Waals surface area contributed by atoms with Gasteiger partial charge in [-0.15, -0.1) is 0 Å². The lowest BCUT2D eigenvalue weighted by molar-refractivity contribution is 0.621. The van der Waals surface area contributed by atoms with Crippen LogP contribution in [0.1, 0.15) is 54.4 Å². The van der Waals surface area contributed by atoms with E-state index in [1.54, 1.807) is 0 Å². The largest absolute Gasteiger partial charge is 0.301 e. The molecule has 0 heterocycles. The van der Waals surface area contributed by atoms with Crippen molar-refractivity contribution in [2.45, 2.75) is 59.3 Å². The predicted molar refractivity (Wildman–Crippen MR) is 79.6 cm³/mol. The number of thiol groups is 1. The van der Waals surface area contributed by atoms with Crippen molar-refractivity contribution >= 4 is 18.8 Å². The normalized spacial score (nSPS) is 14.0. The first-order valence-electron chi connectivity index (χ1n) is 6.15. The zero-order chi connectivity index (χ0) is 13.2. The van der Waals surface area contributed by atoms with Crippen LogP contribution >= 0.6 is 12.6 Å². The van der Waals surface area contributed by atoms with Gasteiger partial charge in [-0.3, -0.25) is 4.99 Å². The molecule has 0 saturated heterocycles. The monoisotopic (exact) mass is 244 g/mol. The maximum atomic E-state index is 4.58. The van der Waals surface area contributed by atoms with Crippen LogP contribution in [0.5, 0.6) is 0 Å². The second-order valence-corrected chi connectivity index (χ2v) is 4.26. The predicted octanol–water partition coefficient (Wildman–Crippen LogP) is 4.04. The van der Waals surface area contributed by atoms with Gasteiger partial charge in [0, 0.05) is 6.21 Å². The highest BCUT2D eigenvalue weighted by molar-refractivity contribution is 7.82. The molecule has 0 bridgehead atoms. The van der Waals surface area contributed by atoms with Gasteiger partial charge < -0.3 is 5.32 Å². The van der Waals surface area contributed by atoms with Gasteiger partial charge in [0.1, 0.15) is 4.87 Å². The van der Waals surface area contributed by atoms with E-state index in [4.69, 9.17) is 0 Å². The first-order chi connectivity index (χ1) is 7.53. The number of nitrogens with one attached hydrogen (secondary N) is 1. The molecule has 0 radical (unpaired) electrons. The minimum Gasteiger partial charge on any atom is -0.301 e. The van der Waals surface area contributed by atoms with Gasteiger partial charge in [0.2, 0.25) is 0 Å². The average Bonchev–Trinajstić information content (AvgIpc) is 2.32. The number of aliphatic imine (C=N–C) groups is 1. The van der Waals surface area contributed by atoms with Gasteiger partial charge >= 0.3 is 0 Å². The van der Waals surface area contributed by atoms with Gasteiger partial charge in [0.05, 0.1) is 5.70 Å². The fraction of sp³-hybridized carbons (Fsp3) is 0.769. The summed E-state index contributed by atoms with van der Waals surface area (Å²) in [5, 5.41) is 3.17. The van der Waals surface area contributed by atoms with Crippen molar-refractivity contribution in [3.05, 3.63) is 11.3 Å². The van der Waals surface area contributed by atoms with Crippen LogP contribution in [0.15, 0.2) is 16.3 Å². The molecule has 96 valence electrons. The molecule has 0 rings (SSSR count). The molecule has 3 heteroatoms. The Hall–Kier alpha value is -0.280. The van der Waals surface area contributed by atoms with Crippen LogP contribution in [0.3, 0.4) is 0 Å². The second kappa shape index (κ2) is 9.91. The van der Waals surface area contributed by atoms with Crippen LogP contribution in [0.4, 0.5) is 0 Å². The molecule has 2 nitrogen and oxygen atoms in total. The number of likely N-dealkylation sites (N-methyl/N-ethyl adjacent to an activating group) is 1. The fourth-order valence-corrected chi connectivity index (χ4v) is 1.61. The van der Waals surface area contributed by atoms with Gasteiger partial charge in [-0.1, -0.05) is 27.7 Å². The van der Waals surface area contributed by atoms with Crippen molar-refractivity contribution < 1.29 is 0 Å². The summed E-state index contributed by atoms with van der Waals surface area (Å²) < 4.78 is 0. The molecule has 0 aromatic carbocycles. The molecule has 16 heavy (non-hydrogen) atoms. The summed E-state index contributed by atoms with van der Waals surface area (Å²) >= 11 is 4.58. The lowest BCUT2D eigenvalue weighted by Gasteiger charge is -2.26. The van der Waals surface area contributed by atoms with Crippen LogP contribution in [-0.2, 0) is 0 Å². The van der Waals surface area contributed by atoms with E-state index in [1.165, 1.54) is 5.57 Å². The van der Waals surface area contributed by atoms with Crippen molar-refractivity contribution in [1.29, 1.82) is 0 Å². The van der Waals surface area contributed by atoms with Crippen LogP contribution in [0, 0.1) is 0 Å². The summed E-state index contributed by atoms with van der Waals surface area (Å²) in [6.07, 6.45) is 3.88. The Kier molecular flexibility index (Phi) is 11.2. The summed E-state index contributed by atoms with van der Waals surface area (Å²) in [5.41, 5.74) is 2.41. The Balaban J connectivity index is 0. The highest BCUT2D eigenvalue weighted by Crippen LogP contribution is 2.27. The van der Waals surface area contributed by atoms with Crippen LogP contribution in [0.2, 0.25) is 0 Å². The molecule has 0 spiro atoms. The number of hydrogen-bond donors (Lipinski definition) is 2. The van der Waals surface area contributed by atoms with E-state index in [2.05, 4.69) is 36.8 Å². The van der Waals surface area contributed by atoms with Crippen LogP contribution < -0.4 is 5.32 Å². The average molecular weight is 244 g/mol. The lowest BCUT2D eigenvalue weighted by atomic mass is 10.0. The molecule has 0 aliphatic heterocycles. The van der Waals surface area contributed by atoms with E-state index in [-0.39, 0.29) is 4.87 Å². The van der Waals surface area contributed by atoms with Gasteiger partial charge in [-0.05, 0) is 39.3 Å². The Bertz CT molecular complexity index is 224. The van der Waals surface area contributed by atoms with Crippen molar-refractivity contribution in [2.75, 3.05) is 7.05 Å². The number of rotatable bonds is 5. The third-order valence-electron chi connectivity index (χ3n) is 2.39. The highest BCUT2D eigenvalue weighted by atomic mass is 32.1. The Labute approximate surface area is 107 Å². The molecule has 0 aliphatic rings. The molecule has 0 aliphatic carbocycles. The maximum absolute atomic E-state index is 4.58. The van der Waals surface area contributed by atoms with E-state index in [0.29, 0.717) is 0 Å². The van der Waals surface area contributed by atoms with Crippen molar-refractivity contribution in [3.8, 4) is 0 Å². The van der Waals surface area contributed by atoms with E-state index >= 15 is 0 Å². The zero-order valence-electron chi connectivity index (χ0n) is 11.9. The van der Waals surface area contributed by atoms with Crippen molar-refractivity contribution in [2.24, 2.45) is 4.99 Å². The minimum atomic E-state index is -0.339. The molecule has 0 aromatic heterocycles. The van der Waals surface area contributed by atoms with Gasteiger partial charge in [-0.2, -0.15) is 12.6 Å². The standard InChI is InChI=1S/C11H22N2S.C2H6/c1-6-9(7-2)10(13-8-3)11(4,14)12-5;1-2/h8,12,14H,6-7H2,1-5H3;1-2H3. The number of nitrogens with zero attached hydrogens (tertiary/aromatic N) is 1. The van der Waals surface area contributed by atoms with Crippen molar-refractivity contribution in [1.82, 2.24) is 5.32 Å². The van der Waals surface area contributed by atoms with E-state index in [1.807, 2.05) is 41.0 Å². The maximum Gasteiger partial charge on any atom is 0.101 e. The van der Waals surface area contributed by atoms with E-state index in [9.17, 15) is 0 Å². The number of allylic oxidation sites excluding steroid dienone is 1. The third kappa shape index (κ3) is 5.71. The fourth-order valence-electron chi connectivity index (χ4n) is 1.39. The molecule has 1 unspecified atom stereocenters. The molecule has 0 amide bonds.